The van der Waals surface area contributed by atoms with E-state index in [9.17, 15) is 22.8 Å². The summed E-state index contributed by atoms with van der Waals surface area (Å²) in [7, 11) is 1.46. The molecule has 0 unspecified atom stereocenters. The topological polar surface area (TPSA) is 79.5 Å². The summed E-state index contributed by atoms with van der Waals surface area (Å²) in [6, 6.07) is 6.51. The number of fused-ring (bicyclic) bond motifs is 2. The molecule has 0 aromatic heterocycles. The van der Waals surface area contributed by atoms with E-state index in [1.54, 1.807) is 12.1 Å². The van der Waals surface area contributed by atoms with Gasteiger partial charge in [-0.25, -0.2) is 0 Å². The van der Waals surface area contributed by atoms with Gasteiger partial charge in [0.1, 0.15) is 11.3 Å². The second-order valence-electron chi connectivity index (χ2n) is 7.36. The standard InChI is InChI=1S/C21H17ClF3N3O3/c1-10(26-2)18(29)27-11-7-14(21(23,24)25)17(15(22)8-11)31-12-3-4-16-13(9-12)20(5-6-20)19(30)28-16/h3-4,7-9,26H,1,5-6H2,2H3,(H,27,29)(H,28,30). The van der Waals surface area contributed by atoms with Crippen molar-refractivity contribution in [2.45, 2.75) is 24.4 Å². The predicted octanol–water partition coefficient (Wildman–Crippen LogP) is 4.81. The van der Waals surface area contributed by atoms with Gasteiger partial charge in [-0.2, -0.15) is 13.2 Å². The molecule has 2 aliphatic rings. The highest BCUT2D eigenvalue weighted by atomic mass is 35.5. The van der Waals surface area contributed by atoms with Crippen LogP contribution in [-0.4, -0.2) is 18.9 Å². The van der Waals surface area contributed by atoms with Crippen molar-refractivity contribution in [2.24, 2.45) is 0 Å². The number of halogens is 4. The lowest BCUT2D eigenvalue weighted by molar-refractivity contribution is -0.138. The van der Waals surface area contributed by atoms with E-state index in [4.69, 9.17) is 16.3 Å². The maximum atomic E-state index is 13.7. The Hall–Kier alpha value is -3.20. The second kappa shape index (κ2) is 7.19. The lowest BCUT2D eigenvalue weighted by Gasteiger charge is -2.18. The minimum Gasteiger partial charge on any atom is -0.455 e. The summed E-state index contributed by atoms with van der Waals surface area (Å²) in [6.07, 6.45) is -3.45. The first-order chi connectivity index (χ1) is 14.5. The Kier molecular flexibility index (Phi) is 4.88. The molecule has 0 atom stereocenters. The lowest BCUT2D eigenvalue weighted by Crippen LogP contribution is -2.22. The van der Waals surface area contributed by atoms with E-state index >= 15 is 0 Å². The predicted molar refractivity (Wildman–Crippen MR) is 109 cm³/mol. The molecular formula is C21H17ClF3N3O3. The average molecular weight is 452 g/mol. The molecule has 162 valence electrons. The van der Waals surface area contributed by atoms with Crippen LogP contribution in [0.25, 0.3) is 0 Å². The van der Waals surface area contributed by atoms with Crippen molar-refractivity contribution in [3.8, 4) is 11.5 Å². The highest BCUT2D eigenvalue weighted by Gasteiger charge is 2.56. The van der Waals surface area contributed by atoms with Crippen LogP contribution >= 0.6 is 11.6 Å². The number of nitrogens with one attached hydrogen (secondary N) is 3. The van der Waals surface area contributed by atoms with E-state index in [0.717, 1.165) is 12.1 Å². The average Bonchev–Trinajstić information content (AvgIpc) is 3.46. The molecule has 0 radical (unpaired) electrons. The highest BCUT2D eigenvalue weighted by Crippen LogP contribution is 2.56. The molecule has 10 heteroatoms. The van der Waals surface area contributed by atoms with Crippen molar-refractivity contribution >= 4 is 34.8 Å². The Morgan fingerprint density at radius 3 is 2.58 bits per heavy atom. The van der Waals surface area contributed by atoms with Gasteiger partial charge < -0.3 is 20.7 Å². The first-order valence-corrected chi connectivity index (χ1v) is 9.65. The van der Waals surface area contributed by atoms with Gasteiger partial charge in [-0.15, -0.1) is 0 Å². The third-order valence-corrected chi connectivity index (χ3v) is 5.62. The van der Waals surface area contributed by atoms with Gasteiger partial charge in [0, 0.05) is 18.4 Å². The maximum absolute atomic E-state index is 13.7. The van der Waals surface area contributed by atoms with Gasteiger partial charge in [-0.1, -0.05) is 18.2 Å². The fraction of sp³-hybridized carbons (Fsp3) is 0.238. The van der Waals surface area contributed by atoms with E-state index in [1.165, 1.54) is 13.1 Å². The number of hydrogen-bond donors (Lipinski definition) is 3. The number of ether oxygens (including phenoxy) is 1. The third kappa shape index (κ3) is 3.69. The number of likely N-dealkylation sites (N-methyl/N-ethyl adjacent to an activating group) is 1. The molecule has 2 aromatic carbocycles. The summed E-state index contributed by atoms with van der Waals surface area (Å²) in [5.41, 5.74) is -0.628. The van der Waals surface area contributed by atoms with Crippen LogP contribution < -0.4 is 20.7 Å². The molecule has 1 aliphatic carbocycles. The molecule has 2 aromatic rings. The van der Waals surface area contributed by atoms with Crippen LogP contribution in [0.2, 0.25) is 5.02 Å². The summed E-state index contributed by atoms with van der Waals surface area (Å²) >= 11 is 6.12. The number of carbonyl (C=O) groups is 2. The number of alkyl halides is 3. The maximum Gasteiger partial charge on any atom is 0.420 e. The molecule has 2 amide bonds. The smallest absolute Gasteiger partial charge is 0.420 e. The van der Waals surface area contributed by atoms with Crippen LogP contribution in [0.5, 0.6) is 11.5 Å². The first kappa shape index (κ1) is 21.0. The molecule has 0 bridgehead atoms. The summed E-state index contributed by atoms with van der Waals surface area (Å²) in [5.74, 6) is -1.29. The Labute approximate surface area is 180 Å². The van der Waals surface area contributed by atoms with Crippen molar-refractivity contribution in [1.82, 2.24) is 5.32 Å². The number of hydrogen-bond acceptors (Lipinski definition) is 4. The van der Waals surface area contributed by atoms with E-state index in [1.807, 2.05) is 0 Å². The SMILES string of the molecule is C=C(NC)C(=O)Nc1cc(Cl)c(Oc2ccc3c(c2)C2(CC2)C(=O)N3)c(C(F)(F)F)c1. The number of benzene rings is 2. The zero-order valence-corrected chi connectivity index (χ0v) is 17.0. The molecule has 6 nitrogen and oxygen atoms in total. The summed E-state index contributed by atoms with van der Waals surface area (Å²) in [4.78, 5) is 24.1. The number of rotatable bonds is 5. The summed E-state index contributed by atoms with van der Waals surface area (Å²) in [5, 5.41) is 7.25. The largest absolute Gasteiger partial charge is 0.455 e. The molecule has 1 heterocycles. The minimum absolute atomic E-state index is 0.0275. The van der Waals surface area contributed by atoms with Crippen molar-refractivity contribution in [2.75, 3.05) is 17.7 Å². The fourth-order valence-electron chi connectivity index (χ4n) is 3.50. The van der Waals surface area contributed by atoms with Crippen LogP contribution in [0.15, 0.2) is 42.6 Å². The Balaban J connectivity index is 1.69. The third-order valence-electron chi connectivity index (χ3n) is 5.34. The zero-order chi connectivity index (χ0) is 22.6. The Morgan fingerprint density at radius 2 is 1.97 bits per heavy atom. The monoisotopic (exact) mass is 451 g/mol. The fourth-order valence-corrected chi connectivity index (χ4v) is 3.75. The van der Waals surface area contributed by atoms with Crippen molar-refractivity contribution in [3.05, 3.63) is 58.8 Å². The quantitative estimate of drug-likeness (QED) is 0.570. The minimum atomic E-state index is -4.80. The Morgan fingerprint density at radius 1 is 1.26 bits per heavy atom. The molecule has 3 N–H and O–H groups in total. The molecule has 0 saturated heterocycles. The van der Waals surface area contributed by atoms with Crippen LogP contribution in [0, 0.1) is 0 Å². The van der Waals surface area contributed by atoms with Crippen molar-refractivity contribution in [3.63, 3.8) is 0 Å². The van der Waals surface area contributed by atoms with Gasteiger partial charge in [-0.05, 0) is 48.7 Å². The summed E-state index contributed by atoms with van der Waals surface area (Å²) < 4.78 is 46.8. The van der Waals surface area contributed by atoms with Crippen molar-refractivity contribution in [1.29, 1.82) is 0 Å². The van der Waals surface area contributed by atoms with Gasteiger partial charge in [0.05, 0.1) is 16.1 Å². The van der Waals surface area contributed by atoms with Crippen LogP contribution in [0.3, 0.4) is 0 Å². The lowest BCUT2D eigenvalue weighted by atomic mass is 9.98. The van der Waals surface area contributed by atoms with Crippen LogP contribution in [0.4, 0.5) is 24.5 Å². The van der Waals surface area contributed by atoms with Crippen LogP contribution in [0.1, 0.15) is 24.0 Å². The number of amides is 2. The summed E-state index contributed by atoms with van der Waals surface area (Å²) in [6.45, 7) is 3.45. The molecule has 1 saturated carbocycles. The molecule has 1 fully saturated rings. The van der Waals surface area contributed by atoms with Crippen LogP contribution in [-0.2, 0) is 21.2 Å². The number of anilines is 2. The first-order valence-electron chi connectivity index (χ1n) is 9.28. The molecular weight excluding hydrogens is 435 g/mol. The van der Waals surface area contributed by atoms with E-state index in [2.05, 4.69) is 22.5 Å². The Bertz CT molecular complexity index is 1130. The van der Waals surface area contributed by atoms with E-state index in [0.29, 0.717) is 24.1 Å². The van der Waals surface area contributed by atoms with E-state index in [-0.39, 0.29) is 28.1 Å². The normalized spacial score (nSPS) is 15.8. The molecule has 1 spiro atoms. The van der Waals surface area contributed by atoms with Gasteiger partial charge in [0.25, 0.3) is 5.91 Å². The van der Waals surface area contributed by atoms with Gasteiger partial charge >= 0.3 is 6.18 Å². The van der Waals surface area contributed by atoms with Gasteiger partial charge in [0.15, 0.2) is 5.75 Å². The van der Waals surface area contributed by atoms with Crippen molar-refractivity contribution < 1.29 is 27.5 Å². The highest BCUT2D eigenvalue weighted by molar-refractivity contribution is 6.32. The second-order valence-corrected chi connectivity index (χ2v) is 7.77. The van der Waals surface area contributed by atoms with Gasteiger partial charge in [-0.3, -0.25) is 9.59 Å². The molecule has 4 rings (SSSR count). The van der Waals surface area contributed by atoms with E-state index < -0.39 is 28.8 Å². The zero-order valence-electron chi connectivity index (χ0n) is 16.2. The molecule has 1 aliphatic heterocycles. The molecule has 31 heavy (non-hydrogen) atoms. The number of carbonyl (C=O) groups excluding carboxylic acids is 2. The van der Waals surface area contributed by atoms with Gasteiger partial charge in [0.2, 0.25) is 5.91 Å².